The number of nitrogens with zero attached hydrogens (tertiary/aromatic N) is 1. The van der Waals surface area contributed by atoms with Crippen LogP contribution in [0.5, 0.6) is 5.75 Å². The van der Waals surface area contributed by atoms with Gasteiger partial charge in [0.05, 0.1) is 16.1 Å². The molecule has 0 saturated carbocycles. The number of ether oxygens (including phenoxy) is 2. The number of nitriles is 1. The maximum atomic E-state index is 12.5. The zero-order valence-electron chi connectivity index (χ0n) is 15.5. The molecular weight excluding hydrogens is 524 g/mol. The van der Waals surface area contributed by atoms with E-state index in [-0.39, 0.29) is 11.3 Å². The van der Waals surface area contributed by atoms with Gasteiger partial charge in [0.2, 0.25) is 0 Å². The number of hydrogen-bond donors (Lipinski definition) is 3. The summed E-state index contributed by atoms with van der Waals surface area (Å²) in [6.07, 6.45) is -1.01. The van der Waals surface area contributed by atoms with Crippen molar-refractivity contribution in [2.24, 2.45) is 0 Å². The zero-order chi connectivity index (χ0) is 22.3. The number of anilines is 1. The van der Waals surface area contributed by atoms with Gasteiger partial charge >= 0.3 is 12.1 Å². The Labute approximate surface area is 189 Å². The number of carboxylic acid groups (broad SMARTS) is 1. The lowest BCUT2D eigenvalue weighted by atomic mass is 10.0. The highest BCUT2D eigenvalue weighted by atomic mass is 79.9. The Morgan fingerprint density at radius 3 is 2.47 bits per heavy atom. The number of carboxylic acids is 1. The van der Waals surface area contributed by atoms with E-state index in [0.29, 0.717) is 20.2 Å². The quantitative estimate of drug-likeness (QED) is 0.433. The largest absolute Gasteiger partial charge is 0.506 e. The second-order valence-corrected chi connectivity index (χ2v) is 7.63. The third-order valence-electron chi connectivity index (χ3n) is 3.86. The highest BCUT2D eigenvalue weighted by Gasteiger charge is 2.29. The number of carbonyl (C=O) groups excluding carboxylic acids is 1. The molecule has 0 spiro atoms. The van der Waals surface area contributed by atoms with Crippen molar-refractivity contribution in [3.05, 3.63) is 68.6 Å². The molecule has 2 rings (SSSR count). The molecule has 0 aliphatic carbocycles. The Balaban J connectivity index is 2.36. The summed E-state index contributed by atoms with van der Waals surface area (Å²) >= 11 is 6.52. The van der Waals surface area contributed by atoms with Gasteiger partial charge in [0.25, 0.3) is 0 Å². The lowest BCUT2D eigenvalue weighted by Gasteiger charge is -2.25. The van der Waals surface area contributed by atoms with Crippen LogP contribution in [0, 0.1) is 11.3 Å². The van der Waals surface area contributed by atoms with Crippen LogP contribution in [0.15, 0.2) is 57.5 Å². The summed E-state index contributed by atoms with van der Waals surface area (Å²) in [6, 6.07) is 11.2. The molecule has 10 heteroatoms. The SMILES string of the molecule is CO[C@H](/C=C/C(=O)O)[C@H](OC(=O)Nc1ccc(C#N)cc1)c1cc(Br)cc(Br)c1O. The van der Waals surface area contributed by atoms with E-state index in [1.54, 1.807) is 6.07 Å². The molecule has 2 aromatic rings. The highest BCUT2D eigenvalue weighted by Crippen LogP contribution is 2.39. The van der Waals surface area contributed by atoms with Crippen LogP contribution in [0.2, 0.25) is 0 Å². The molecule has 8 nitrogen and oxygen atoms in total. The minimum Gasteiger partial charge on any atom is -0.506 e. The van der Waals surface area contributed by atoms with Gasteiger partial charge in [-0.2, -0.15) is 5.26 Å². The average Bonchev–Trinajstić information content (AvgIpc) is 2.70. The predicted molar refractivity (Wildman–Crippen MR) is 115 cm³/mol. The van der Waals surface area contributed by atoms with Crippen molar-refractivity contribution in [1.29, 1.82) is 5.26 Å². The van der Waals surface area contributed by atoms with Crippen molar-refractivity contribution in [1.82, 2.24) is 0 Å². The molecule has 30 heavy (non-hydrogen) atoms. The van der Waals surface area contributed by atoms with E-state index in [1.165, 1.54) is 43.5 Å². The van der Waals surface area contributed by atoms with E-state index >= 15 is 0 Å². The first-order valence-corrected chi connectivity index (χ1v) is 9.93. The molecule has 2 aromatic carbocycles. The van der Waals surface area contributed by atoms with E-state index < -0.39 is 24.3 Å². The molecule has 3 N–H and O–H groups in total. The first-order chi connectivity index (χ1) is 14.2. The molecule has 0 aliphatic heterocycles. The monoisotopic (exact) mass is 538 g/mol. The van der Waals surface area contributed by atoms with Crippen LogP contribution < -0.4 is 5.32 Å². The second kappa shape index (κ2) is 10.8. The van der Waals surface area contributed by atoms with E-state index in [2.05, 4.69) is 37.2 Å². The summed E-state index contributed by atoms with van der Waals surface area (Å²) in [6.45, 7) is 0. The third kappa shape index (κ3) is 6.32. The molecule has 0 fully saturated rings. The molecule has 0 heterocycles. The first-order valence-electron chi connectivity index (χ1n) is 8.34. The number of aliphatic carboxylic acids is 1. The van der Waals surface area contributed by atoms with Crippen LogP contribution in [0.1, 0.15) is 17.2 Å². The number of amides is 1. The number of aromatic hydroxyl groups is 1. The minimum atomic E-state index is -1.21. The Bertz CT molecular complexity index is 1000. The fourth-order valence-corrected chi connectivity index (χ4v) is 3.74. The van der Waals surface area contributed by atoms with Gasteiger partial charge in [-0.3, -0.25) is 5.32 Å². The van der Waals surface area contributed by atoms with Crippen molar-refractivity contribution >= 4 is 49.6 Å². The van der Waals surface area contributed by atoms with E-state index in [1.807, 2.05) is 6.07 Å². The summed E-state index contributed by atoms with van der Waals surface area (Å²) in [5, 5.41) is 30.8. The van der Waals surface area contributed by atoms with E-state index in [4.69, 9.17) is 19.8 Å². The van der Waals surface area contributed by atoms with Crippen molar-refractivity contribution in [2.75, 3.05) is 12.4 Å². The second-order valence-electron chi connectivity index (χ2n) is 5.86. The Morgan fingerprint density at radius 2 is 1.90 bits per heavy atom. The maximum absolute atomic E-state index is 12.5. The van der Waals surface area contributed by atoms with Gasteiger partial charge in [0.15, 0.2) is 6.10 Å². The zero-order valence-corrected chi connectivity index (χ0v) is 18.7. The van der Waals surface area contributed by atoms with Gasteiger partial charge < -0.3 is 19.7 Å². The fraction of sp³-hybridized carbons (Fsp3) is 0.150. The van der Waals surface area contributed by atoms with Crippen molar-refractivity contribution in [2.45, 2.75) is 12.2 Å². The summed E-state index contributed by atoms with van der Waals surface area (Å²) in [7, 11) is 1.32. The van der Waals surface area contributed by atoms with Gasteiger partial charge in [-0.25, -0.2) is 9.59 Å². The molecule has 0 aromatic heterocycles. The Hall–Kier alpha value is -2.87. The van der Waals surface area contributed by atoms with Crippen molar-refractivity contribution in [3.8, 4) is 11.8 Å². The number of hydrogen-bond acceptors (Lipinski definition) is 6. The van der Waals surface area contributed by atoms with Gasteiger partial charge in [0, 0.05) is 28.9 Å². The van der Waals surface area contributed by atoms with Crippen LogP contribution in [0.4, 0.5) is 10.5 Å². The molecule has 2 atom stereocenters. The van der Waals surface area contributed by atoms with Crippen LogP contribution in [0.3, 0.4) is 0 Å². The number of rotatable bonds is 7. The summed E-state index contributed by atoms with van der Waals surface area (Å²) < 4.78 is 11.7. The van der Waals surface area contributed by atoms with Crippen LogP contribution in [-0.2, 0) is 14.3 Å². The summed E-state index contributed by atoms with van der Waals surface area (Å²) in [4.78, 5) is 23.4. The van der Waals surface area contributed by atoms with E-state index in [9.17, 15) is 14.7 Å². The van der Waals surface area contributed by atoms with Crippen LogP contribution >= 0.6 is 31.9 Å². The van der Waals surface area contributed by atoms with Crippen LogP contribution in [0.25, 0.3) is 0 Å². The van der Waals surface area contributed by atoms with Gasteiger partial charge in [-0.1, -0.05) is 15.9 Å². The van der Waals surface area contributed by atoms with Gasteiger partial charge in [0.1, 0.15) is 11.9 Å². The third-order valence-corrected chi connectivity index (χ3v) is 4.92. The maximum Gasteiger partial charge on any atom is 0.412 e. The number of carbonyl (C=O) groups is 2. The average molecular weight is 540 g/mol. The number of methoxy groups -OCH3 is 1. The highest BCUT2D eigenvalue weighted by molar-refractivity contribution is 9.11. The first kappa shape index (κ1) is 23.4. The molecule has 0 bridgehead atoms. The number of nitrogens with one attached hydrogen (secondary N) is 1. The minimum absolute atomic E-state index is 0.188. The molecule has 0 saturated heterocycles. The molecule has 0 aliphatic rings. The predicted octanol–water partition coefficient (Wildman–Crippen LogP) is 4.73. The summed E-state index contributed by atoms with van der Waals surface area (Å²) in [5.74, 6) is -1.40. The smallest absolute Gasteiger partial charge is 0.412 e. The lowest BCUT2D eigenvalue weighted by molar-refractivity contribution is -0.131. The normalized spacial score (nSPS) is 12.7. The lowest BCUT2D eigenvalue weighted by Crippen LogP contribution is -2.27. The fourth-order valence-electron chi connectivity index (χ4n) is 2.48. The van der Waals surface area contributed by atoms with E-state index in [0.717, 1.165) is 6.08 Å². The molecule has 156 valence electrons. The summed E-state index contributed by atoms with van der Waals surface area (Å²) in [5.41, 5.74) is 0.995. The number of halogens is 2. The Kier molecular flexibility index (Phi) is 8.41. The van der Waals surface area contributed by atoms with Crippen LogP contribution in [-0.4, -0.2) is 35.5 Å². The number of benzene rings is 2. The van der Waals surface area contributed by atoms with Gasteiger partial charge in [-0.15, -0.1) is 0 Å². The molecule has 1 amide bonds. The van der Waals surface area contributed by atoms with Crippen molar-refractivity contribution in [3.63, 3.8) is 0 Å². The number of phenols is 1. The molecule has 0 radical (unpaired) electrons. The van der Waals surface area contributed by atoms with Gasteiger partial charge in [-0.05, 0) is 58.4 Å². The Morgan fingerprint density at radius 1 is 1.23 bits per heavy atom. The molecule has 0 unspecified atom stereocenters. The van der Waals surface area contributed by atoms with Crippen molar-refractivity contribution < 1.29 is 29.3 Å². The molecular formula is C20H16Br2N2O6. The number of phenolic OH excluding ortho intramolecular Hbond substituents is 1. The standard InChI is InChI=1S/C20H16Br2N2O6/c1-29-16(6-7-17(25)26)19(14-8-12(21)9-15(22)18(14)27)30-20(28)24-13-4-2-11(10-23)3-5-13/h2-9,16,19,27H,1H3,(H,24,28)(H,25,26)/b7-6+/t16-,19-/m1/s1. The topological polar surface area (TPSA) is 129 Å².